The zero-order valence-corrected chi connectivity index (χ0v) is 24.9. The lowest BCUT2D eigenvalue weighted by Gasteiger charge is -2.25. The Morgan fingerprint density at radius 1 is 0.950 bits per heavy atom. The summed E-state index contributed by atoms with van der Waals surface area (Å²) in [5, 5.41) is 15.6. The van der Waals surface area contributed by atoms with E-state index in [1.807, 2.05) is 36.4 Å². The van der Waals surface area contributed by atoms with Crippen molar-refractivity contribution in [3.63, 3.8) is 0 Å². The maximum atomic E-state index is 13.3. The van der Waals surface area contributed by atoms with Gasteiger partial charge in [-0.25, -0.2) is 0 Å². The Hall–Kier alpha value is -3.67. The third kappa shape index (κ3) is 7.50. The molecule has 1 amide bonds. The van der Waals surface area contributed by atoms with Crippen LogP contribution in [0.25, 0.3) is 22.2 Å². The molecule has 0 spiro atoms. The predicted molar refractivity (Wildman–Crippen MR) is 166 cm³/mol. The van der Waals surface area contributed by atoms with E-state index in [1.54, 1.807) is 6.20 Å². The second-order valence-corrected chi connectivity index (χ2v) is 12.0. The molecule has 0 bridgehead atoms. The number of carbonyl (C=O) groups is 1. The van der Waals surface area contributed by atoms with E-state index in [9.17, 15) is 4.79 Å². The Morgan fingerprint density at radius 3 is 2.38 bits per heavy atom. The number of amides is 1. The fraction of sp³-hybridized carbons (Fsp3) is 0.441. The van der Waals surface area contributed by atoms with Crippen LogP contribution in [0.2, 0.25) is 0 Å². The van der Waals surface area contributed by atoms with E-state index in [-0.39, 0.29) is 17.9 Å². The number of benzene rings is 2. The molecule has 2 heterocycles. The number of aromatic nitrogens is 3. The van der Waals surface area contributed by atoms with Crippen molar-refractivity contribution in [3.8, 4) is 11.3 Å². The summed E-state index contributed by atoms with van der Waals surface area (Å²) in [6.45, 7) is 13.4. The van der Waals surface area contributed by atoms with Gasteiger partial charge < -0.3 is 10.6 Å². The highest BCUT2D eigenvalue weighted by Gasteiger charge is 2.21. The molecule has 3 unspecified atom stereocenters. The number of rotatable bonds is 13. The van der Waals surface area contributed by atoms with Gasteiger partial charge in [0.15, 0.2) is 0 Å². The molecule has 3 N–H and O–H groups in total. The molecule has 40 heavy (non-hydrogen) atoms. The first-order valence-electron chi connectivity index (χ1n) is 14.8. The summed E-state index contributed by atoms with van der Waals surface area (Å²) in [5.41, 5.74) is 5.36. The predicted octanol–water partition coefficient (Wildman–Crippen LogP) is 8.40. The van der Waals surface area contributed by atoms with Crippen molar-refractivity contribution in [2.75, 3.05) is 5.32 Å². The Morgan fingerprint density at radius 2 is 1.73 bits per heavy atom. The molecule has 2 aromatic heterocycles. The lowest BCUT2D eigenvalue weighted by molar-refractivity contribution is 0.0924. The molecule has 4 rings (SSSR count). The number of hydrogen-bond acceptors (Lipinski definition) is 4. The smallest absolute Gasteiger partial charge is 0.251 e. The Labute approximate surface area is 239 Å². The van der Waals surface area contributed by atoms with Crippen LogP contribution in [0.3, 0.4) is 0 Å². The van der Waals surface area contributed by atoms with Gasteiger partial charge in [-0.1, -0.05) is 72.6 Å². The first kappa shape index (κ1) is 29.3. The van der Waals surface area contributed by atoms with Crippen molar-refractivity contribution >= 4 is 22.5 Å². The van der Waals surface area contributed by atoms with Crippen molar-refractivity contribution in [2.24, 2.45) is 17.8 Å². The number of anilines is 1. The molecule has 0 aliphatic carbocycles. The van der Waals surface area contributed by atoms with Gasteiger partial charge in [0, 0.05) is 34.4 Å². The molecule has 6 heteroatoms. The summed E-state index contributed by atoms with van der Waals surface area (Å²) in [6, 6.07) is 20.3. The van der Waals surface area contributed by atoms with E-state index in [0.717, 1.165) is 40.0 Å². The van der Waals surface area contributed by atoms with Crippen LogP contribution in [0.15, 0.2) is 66.9 Å². The number of aromatic amines is 1. The number of pyridine rings is 1. The fourth-order valence-electron chi connectivity index (χ4n) is 5.58. The molecule has 0 saturated heterocycles. The van der Waals surface area contributed by atoms with Gasteiger partial charge in [0.05, 0.1) is 22.9 Å². The molecule has 4 aromatic rings. The summed E-state index contributed by atoms with van der Waals surface area (Å²) >= 11 is 0. The van der Waals surface area contributed by atoms with Crippen LogP contribution in [0.5, 0.6) is 0 Å². The number of H-pyrrole nitrogens is 1. The maximum Gasteiger partial charge on any atom is 0.251 e. The minimum Gasteiger partial charge on any atom is -0.382 e. The summed E-state index contributed by atoms with van der Waals surface area (Å²) in [6.07, 6.45) is 6.60. The van der Waals surface area contributed by atoms with E-state index in [1.165, 1.54) is 19.3 Å². The van der Waals surface area contributed by atoms with Crippen molar-refractivity contribution in [2.45, 2.75) is 79.3 Å². The SMILES string of the molecule is CCCC(C)CC(CC(C)C)Nc1ccc(-c2n[nH]c3ccc(C(=O)NC(c4ccccn4)C(C)C)cc23)cc1. The van der Waals surface area contributed by atoms with Gasteiger partial charge in [0.2, 0.25) is 0 Å². The molecule has 0 radical (unpaired) electrons. The van der Waals surface area contributed by atoms with Crippen molar-refractivity contribution in [1.29, 1.82) is 0 Å². The van der Waals surface area contributed by atoms with Gasteiger partial charge in [-0.2, -0.15) is 5.10 Å². The monoisotopic (exact) mass is 539 g/mol. The van der Waals surface area contributed by atoms with Gasteiger partial charge in [-0.3, -0.25) is 14.9 Å². The van der Waals surface area contributed by atoms with Crippen LogP contribution in [0.4, 0.5) is 5.69 Å². The molecule has 0 aliphatic heterocycles. The molecule has 0 aliphatic rings. The first-order valence-corrected chi connectivity index (χ1v) is 14.8. The average molecular weight is 540 g/mol. The summed E-state index contributed by atoms with van der Waals surface area (Å²) in [4.78, 5) is 17.8. The van der Waals surface area contributed by atoms with Crippen LogP contribution >= 0.6 is 0 Å². The third-order valence-corrected chi connectivity index (χ3v) is 7.54. The second-order valence-electron chi connectivity index (χ2n) is 12.0. The molecule has 2 aromatic carbocycles. The van der Waals surface area contributed by atoms with Crippen molar-refractivity contribution < 1.29 is 4.79 Å². The largest absolute Gasteiger partial charge is 0.382 e. The zero-order valence-electron chi connectivity index (χ0n) is 24.9. The topological polar surface area (TPSA) is 82.7 Å². The maximum absolute atomic E-state index is 13.3. The fourth-order valence-corrected chi connectivity index (χ4v) is 5.58. The van der Waals surface area contributed by atoms with Crippen LogP contribution in [-0.2, 0) is 0 Å². The Balaban J connectivity index is 1.52. The minimum absolute atomic E-state index is 0.119. The zero-order chi connectivity index (χ0) is 28.6. The standard InChI is InChI=1S/C34H45N5O/c1-7-10-24(6)20-28(19-22(2)3)36-27-15-12-25(13-16-27)33-29-21-26(14-17-30(29)38-39-33)34(40)37-32(23(4)5)31-11-8-9-18-35-31/h8-9,11-18,21-24,28,32,36H,7,10,19-20H2,1-6H3,(H,37,40)(H,38,39). The van der Waals surface area contributed by atoms with Crippen LogP contribution < -0.4 is 10.6 Å². The molecular formula is C34H45N5O. The molecular weight excluding hydrogens is 494 g/mol. The van der Waals surface area contributed by atoms with Crippen molar-refractivity contribution in [3.05, 3.63) is 78.1 Å². The average Bonchev–Trinajstić information content (AvgIpc) is 3.35. The van der Waals surface area contributed by atoms with E-state index in [4.69, 9.17) is 0 Å². The summed E-state index contributed by atoms with van der Waals surface area (Å²) in [7, 11) is 0. The molecule has 3 atom stereocenters. The van der Waals surface area contributed by atoms with Gasteiger partial charge in [0.25, 0.3) is 5.91 Å². The van der Waals surface area contributed by atoms with Crippen molar-refractivity contribution in [1.82, 2.24) is 20.5 Å². The number of nitrogens with zero attached hydrogens (tertiary/aromatic N) is 2. The molecule has 0 saturated carbocycles. The highest BCUT2D eigenvalue weighted by atomic mass is 16.1. The summed E-state index contributed by atoms with van der Waals surface area (Å²) in [5.74, 6) is 1.44. The molecule has 0 fully saturated rings. The van der Waals surface area contributed by atoms with Crippen LogP contribution in [0, 0.1) is 17.8 Å². The lowest BCUT2D eigenvalue weighted by Crippen LogP contribution is -2.32. The van der Waals surface area contributed by atoms with Gasteiger partial charge in [-0.05, 0) is 73.1 Å². The highest BCUT2D eigenvalue weighted by molar-refractivity contribution is 6.01. The number of hydrogen-bond donors (Lipinski definition) is 3. The lowest BCUT2D eigenvalue weighted by atomic mass is 9.92. The van der Waals surface area contributed by atoms with E-state index >= 15 is 0 Å². The van der Waals surface area contributed by atoms with Gasteiger partial charge >= 0.3 is 0 Å². The summed E-state index contributed by atoms with van der Waals surface area (Å²) < 4.78 is 0. The third-order valence-electron chi connectivity index (χ3n) is 7.54. The second kappa shape index (κ2) is 13.6. The number of fused-ring (bicyclic) bond motifs is 1. The highest BCUT2D eigenvalue weighted by Crippen LogP contribution is 2.30. The first-order chi connectivity index (χ1) is 19.2. The van der Waals surface area contributed by atoms with Crippen LogP contribution in [0.1, 0.15) is 89.3 Å². The number of nitrogens with one attached hydrogen (secondary N) is 3. The molecule has 6 nitrogen and oxygen atoms in total. The Kier molecular flexibility index (Phi) is 9.97. The van der Waals surface area contributed by atoms with E-state index in [0.29, 0.717) is 23.4 Å². The van der Waals surface area contributed by atoms with E-state index < -0.39 is 0 Å². The quantitative estimate of drug-likeness (QED) is 0.159. The minimum atomic E-state index is -0.169. The van der Waals surface area contributed by atoms with Crippen LogP contribution in [-0.4, -0.2) is 27.1 Å². The van der Waals surface area contributed by atoms with E-state index in [2.05, 4.69) is 91.6 Å². The Bertz CT molecular complexity index is 1360. The normalized spacial score (nSPS) is 13.9. The molecule has 212 valence electrons. The van der Waals surface area contributed by atoms with Gasteiger partial charge in [0.1, 0.15) is 0 Å². The number of carbonyl (C=O) groups excluding carboxylic acids is 1. The van der Waals surface area contributed by atoms with Gasteiger partial charge in [-0.15, -0.1) is 0 Å².